The molecule has 1 fully saturated rings. The summed E-state index contributed by atoms with van der Waals surface area (Å²) in [5.41, 5.74) is 1.22. The quantitative estimate of drug-likeness (QED) is 0.620. The number of hydrogen-bond acceptors (Lipinski definition) is 4. The van der Waals surface area contributed by atoms with Gasteiger partial charge in [0.15, 0.2) is 5.69 Å². The van der Waals surface area contributed by atoms with E-state index in [4.69, 9.17) is 0 Å². The lowest BCUT2D eigenvalue weighted by Crippen LogP contribution is -2.65. The first kappa shape index (κ1) is 24.0. The molecule has 2 aliphatic rings. The summed E-state index contributed by atoms with van der Waals surface area (Å²) in [5, 5.41) is 10.5. The molecule has 1 aliphatic heterocycles. The van der Waals surface area contributed by atoms with Crippen LogP contribution in [-0.2, 0) is 17.8 Å². The van der Waals surface area contributed by atoms with Gasteiger partial charge in [-0.1, -0.05) is 51.3 Å². The monoisotopic (exact) mass is 465 g/mol. The van der Waals surface area contributed by atoms with Crippen LogP contribution < -0.4 is 10.6 Å². The molecule has 2 heterocycles. The van der Waals surface area contributed by atoms with Crippen molar-refractivity contribution in [3.05, 3.63) is 47.3 Å². The Morgan fingerprint density at radius 1 is 1.18 bits per heavy atom. The van der Waals surface area contributed by atoms with Gasteiger partial charge in [-0.05, 0) is 44.2 Å². The van der Waals surface area contributed by atoms with Crippen LogP contribution in [0.2, 0.25) is 0 Å². The van der Waals surface area contributed by atoms with E-state index in [1.54, 1.807) is 11.0 Å². The molecule has 34 heavy (non-hydrogen) atoms. The van der Waals surface area contributed by atoms with Crippen molar-refractivity contribution in [2.45, 2.75) is 83.8 Å². The molecule has 1 saturated carbocycles. The summed E-state index contributed by atoms with van der Waals surface area (Å²) in [4.78, 5) is 41.6. The molecule has 2 N–H and O–H groups in total. The molecule has 2 aromatic rings. The first-order chi connectivity index (χ1) is 16.4. The van der Waals surface area contributed by atoms with Crippen LogP contribution in [0.3, 0.4) is 0 Å². The van der Waals surface area contributed by atoms with Crippen LogP contribution in [0, 0.1) is 0 Å². The van der Waals surface area contributed by atoms with Gasteiger partial charge in [0.25, 0.3) is 11.8 Å². The molecule has 182 valence electrons. The standard InChI is InChI=1S/C26H35N5O3/c1-4-6-15-30-24(33)22-16-21(23(32)28-20-14-10-7-11-18(20)5-2)29-31(22)17-26(30,3)25(34)27-19-12-8-9-13-19/h7,10-11,14,16,19H,4-6,8-9,12-13,15,17H2,1-3H3,(H,27,34)(H,28,32)/t26-/m1/s1. The molecule has 4 rings (SSSR count). The SMILES string of the molecule is CCCCN1C(=O)c2cc(C(=O)Nc3ccccc3CC)nn2C[C@]1(C)C(=O)NC1CCCC1. The van der Waals surface area contributed by atoms with Crippen molar-refractivity contribution in [3.63, 3.8) is 0 Å². The van der Waals surface area contributed by atoms with Crippen LogP contribution in [0.15, 0.2) is 30.3 Å². The van der Waals surface area contributed by atoms with Gasteiger partial charge in [0.2, 0.25) is 5.91 Å². The number of fused-ring (bicyclic) bond motifs is 1. The van der Waals surface area contributed by atoms with Crippen LogP contribution in [0.1, 0.15) is 85.8 Å². The Morgan fingerprint density at radius 3 is 2.62 bits per heavy atom. The van der Waals surface area contributed by atoms with Crippen LogP contribution in [-0.4, -0.2) is 50.5 Å². The summed E-state index contributed by atoms with van der Waals surface area (Å²) in [6, 6.07) is 9.33. The second-order valence-corrected chi connectivity index (χ2v) is 9.58. The minimum Gasteiger partial charge on any atom is -0.351 e. The lowest BCUT2D eigenvalue weighted by Gasteiger charge is -2.43. The Hall–Kier alpha value is -3.16. The Labute approximate surface area is 201 Å². The van der Waals surface area contributed by atoms with Crippen molar-refractivity contribution < 1.29 is 14.4 Å². The van der Waals surface area contributed by atoms with Crippen LogP contribution in [0.25, 0.3) is 0 Å². The second kappa shape index (κ2) is 9.99. The fraction of sp³-hybridized carbons (Fsp3) is 0.538. The molecule has 3 amide bonds. The third-order valence-corrected chi connectivity index (χ3v) is 7.09. The van der Waals surface area contributed by atoms with Gasteiger partial charge in [-0.25, -0.2) is 0 Å². The number of benzene rings is 1. The van der Waals surface area contributed by atoms with Gasteiger partial charge >= 0.3 is 0 Å². The van der Waals surface area contributed by atoms with Crippen molar-refractivity contribution in [1.82, 2.24) is 20.0 Å². The van der Waals surface area contributed by atoms with Crippen molar-refractivity contribution in [2.24, 2.45) is 0 Å². The normalized spacial score (nSPS) is 20.3. The summed E-state index contributed by atoms with van der Waals surface area (Å²) in [6.45, 7) is 6.61. The highest BCUT2D eigenvalue weighted by Gasteiger charge is 2.48. The largest absolute Gasteiger partial charge is 0.351 e. The summed E-state index contributed by atoms with van der Waals surface area (Å²) in [7, 11) is 0. The fourth-order valence-corrected chi connectivity index (χ4v) is 4.97. The van der Waals surface area contributed by atoms with E-state index < -0.39 is 5.54 Å². The van der Waals surface area contributed by atoms with Gasteiger partial charge in [0.05, 0.1) is 6.54 Å². The smallest absolute Gasteiger partial charge is 0.276 e. The van der Waals surface area contributed by atoms with E-state index in [0.29, 0.717) is 12.2 Å². The maximum atomic E-state index is 13.5. The molecule has 0 bridgehead atoms. The summed E-state index contributed by atoms with van der Waals surface area (Å²) >= 11 is 0. The van der Waals surface area contributed by atoms with E-state index >= 15 is 0 Å². The van der Waals surface area contributed by atoms with E-state index in [9.17, 15) is 14.4 Å². The van der Waals surface area contributed by atoms with E-state index in [1.165, 1.54) is 4.68 Å². The predicted molar refractivity (Wildman–Crippen MR) is 131 cm³/mol. The number of unbranched alkanes of at least 4 members (excludes halogenated alkanes) is 1. The first-order valence-corrected chi connectivity index (χ1v) is 12.5. The van der Waals surface area contributed by atoms with Crippen LogP contribution in [0.5, 0.6) is 0 Å². The van der Waals surface area contributed by atoms with Crippen molar-refractivity contribution in [1.29, 1.82) is 0 Å². The third-order valence-electron chi connectivity index (χ3n) is 7.09. The number of hydrogen-bond donors (Lipinski definition) is 2. The molecular weight excluding hydrogens is 430 g/mol. The van der Waals surface area contributed by atoms with Gasteiger partial charge in [-0.15, -0.1) is 0 Å². The molecule has 8 nitrogen and oxygen atoms in total. The highest BCUT2D eigenvalue weighted by atomic mass is 16.2. The lowest BCUT2D eigenvalue weighted by atomic mass is 9.94. The first-order valence-electron chi connectivity index (χ1n) is 12.5. The van der Waals surface area contributed by atoms with E-state index in [0.717, 1.165) is 56.2 Å². The number of amides is 3. The zero-order chi connectivity index (χ0) is 24.3. The molecule has 1 aromatic carbocycles. The number of carbonyl (C=O) groups is 3. The average molecular weight is 466 g/mol. The molecule has 0 unspecified atom stereocenters. The number of anilines is 1. The fourth-order valence-electron chi connectivity index (χ4n) is 4.97. The van der Waals surface area contributed by atoms with E-state index in [-0.39, 0.29) is 36.0 Å². The van der Waals surface area contributed by atoms with E-state index in [2.05, 4.69) is 22.7 Å². The van der Waals surface area contributed by atoms with Gasteiger partial charge < -0.3 is 15.5 Å². The number of carbonyl (C=O) groups excluding carboxylic acids is 3. The Kier molecular flexibility index (Phi) is 7.05. The molecular formula is C26H35N5O3. The highest BCUT2D eigenvalue weighted by Crippen LogP contribution is 2.29. The second-order valence-electron chi connectivity index (χ2n) is 9.58. The number of para-hydroxylation sites is 1. The topological polar surface area (TPSA) is 96.3 Å². The van der Waals surface area contributed by atoms with Gasteiger partial charge in [0, 0.05) is 24.3 Å². The number of aryl methyl sites for hydroxylation is 1. The van der Waals surface area contributed by atoms with Gasteiger partial charge in [-0.3, -0.25) is 19.1 Å². The summed E-state index contributed by atoms with van der Waals surface area (Å²) < 4.78 is 1.53. The lowest BCUT2D eigenvalue weighted by molar-refractivity contribution is -0.133. The number of aromatic nitrogens is 2. The third kappa shape index (κ3) is 4.58. The Morgan fingerprint density at radius 2 is 1.91 bits per heavy atom. The maximum absolute atomic E-state index is 13.5. The summed E-state index contributed by atoms with van der Waals surface area (Å²) in [6.07, 6.45) is 6.67. The van der Waals surface area contributed by atoms with E-state index in [1.807, 2.05) is 38.1 Å². The minimum absolute atomic E-state index is 0.145. The number of rotatable bonds is 8. The van der Waals surface area contributed by atoms with Crippen molar-refractivity contribution in [3.8, 4) is 0 Å². The molecule has 8 heteroatoms. The van der Waals surface area contributed by atoms with Gasteiger partial charge in [-0.2, -0.15) is 5.10 Å². The maximum Gasteiger partial charge on any atom is 0.276 e. The molecule has 1 atom stereocenters. The molecule has 0 radical (unpaired) electrons. The zero-order valence-electron chi connectivity index (χ0n) is 20.4. The van der Waals surface area contributed by atoms with Gasteiger partial charge in [0.1, 0.15) is 11.2 Å². The minimum atomic E-state index is -1.06. The molecule has 0 saturated heterocycles. The Bertz CT molecular complexity index is 1070. The molecule has 1 aliphatic carbocycles. The predicted octanol–water partition coefficient (Wildman–Crippen LogP) is 3.77. The number of nitrogens with zero attached hydrogens (tertiary/aromatic N) is 3. The van der Waals surface area contributed by atoms with Crippen molar-refractivity contribution >= 4 is 23.4 Å². The Balaban J connectivity index is 1.60. The summed E-state index contributed by atoms with van der Waals surface area (Å²) in [5.74, 6) is -0.773. The molecule has 1 aromatic heterocycles. The number of nitrogens with one attached hydrogen (secondary N) is 2. The molecule has 0 spiro atoms. The van der Waals surface area contributed by atoms with Crippen LogP contribution in [0.4, 0.5) is 5.69 Å². The van der Waals surface area contributed by atoms with Crippen LogP contribution >= 0.6 is 0 Å². The average Bonchev–Trinajstić information content (AvgIpc) is 3.49. The highest BCUT2D eigenvalue weighted by molar-refractivity contribution is 6.06. The zero-order valence-corrected chi connectivity index (χ0v) is 20.4. The van der Waals surface area contributed by atoms with Crippen molar-refractivity contribution in [2.75, 3.05) is 11.9 Å².